The Morgan fingerprint density at radius 2 is 1.80 bits per heavy atom. The smallest absolute Gasteiger partial charge is 0.274 e. The maximum atomic E-state index is 13.5. The Kier molecular flexibility index (Phi) is 9.05. The molecule has 0 saturated heterocycles. The summed E-state index contributed by atoms with van der Waals surface area (Å²) in [4.78, 5) is 45.8. The van der Waals surface area contributed by atoms with E-state index in [4.69, 9.17) is 5.21 Å². The summed E-state index contributed by atoms with van der Waals surface area (Å²) in [6.07, 6.45) is 3.02. The monoisotopic (exact) mass is 590 g/mol. The third kappa shape index (κ3) is 6.81. The topological polar surface area (TPSA) is 161 Å². The number of carbonyl (C=O) groups is 3. The summed E-state index contributed by atoms with van der Waals surface area (Å²) in [6, 6.07) is 15.7. The Morgan fingerprint density at radius 1 is 1.00 bits per heavy atom. The van der Waals surface area contributed by atoms with Gasteiger partial charge in [0.05, 0.1) is 11.4 Å². The molecule has 1 unspecified atom stereocenters. The molecule has 2 aromatic heterocycles. The lowest BCUT2D eigenvalue weighted by atomic mass is 10.0. The molecule has 12 nitrogen and oxygen atoms in total. The number of rotatable bonds is 12. The van der Waals surface area contributed by atoms with Crippen LogP contribution < -0.4 is 26.7 Å². The maximum Gasteiger partial charge on any atom is 0.274 e. The first-order valence-corrected chi connectivity index (χ1v) is 14.5. The van der Waals surface area contributed by atoms with Crippen LogP contribution in [0.3, 0.4) is 0 Å². The van der Waals surface area contributed by atoms with Crippen LogP contribution in [0.25, 0.3) is 11.3 Å². The second kappa shape index (κ2) is 13.2. The second-order valence-corrected chi connectivity index (χ2v) is 10.6. The lowest BCUT2D eigenvalue weighted by molar-refractivity contribution is -0.129. The fraction of sp³-hybridized carbons (Fsp3) is 0.185. The van der Waals surface area contributed by atoms with Crippen molar-refractivity contribution in [1.29, 1.82) is 0 Å². The molecular weight excluding hydrogens is 564 g/mol. The van der Waals surface area contributed by atoms with E-state index in [0.717, 1.165) is 11.1 Å². The number of unbranched alkanes of at least 4 members (excludes halogenated alkanes) is 1. The van der Waals surface area contributed by atoms with Gasteiger partial charge in [0.25, 0.3) is 11.8 Å². The molecule has 5 rings (SSSR count). The molecule has 4 aromatic rings. The van der Waals surface area contributed by atoms with E-state index in [1.54, 1.807) is 35.9 Å². The maximum absolute atomic E-state index is 13.5. The lowest BCUT2D eigenvalue weighted by Gasteiger charge is -2.14. The predicted molar refractivity (Wildman–Crippen MR) is 157 cm³/mol. The van der Waals surface area contributed by atoms with E-state index < -0.39 is 11.9 Å². The summed E-state index contributed by atoms with van der Waals surface area (Å²) in [5.41, 5.74) is 10.9. The molecule has 210 valence electrons. The van der Waals surface area contributed by atoms with Crippen molar-refractivity contribution in [2.45, 2.75) is 25.3 Å². The molecule has 3 heterocycles. The van der Waals surface area contributed by atoms with Crippen molar-refractivity contribution in [1.82, 2.24) is 26.2 Å². The van der Waals surface area contributed by atoms with Crippen molar-refractivity contribution in [2.75, 3.05) is 17.0 Å². The van der Waals surface area contributed by atoms with Gasteiger partial charge >= 0.3 is 0 Å². The molecule has 0 fully saturated rings. The number of anilines is 2. The van der Waals surface area contributed by atoms with E-state index >= 15 is 0 Å². The molecule has 1 aliphatic heterocycles. The number of thiazole rings is 2. The van der Waals surface area contributed by atoms with Gasteiger partial charge in [-0.25, -0.2) is 20.9 Å². The molecule has 3 amide bonds. The van der Waals surface area contributed by atoms with Crippen LogP contribution >= 0.6 is 22.7 Å². The van der Waals surface area contributed by atoms with Crippen molar-refractivity contribution in [3.05, 3.63) is 82.7 Å². The number of hydroxylamine groups is 1. The van der Waals surface area contributed by atoms with Crippen molar-refractivity contribution < 1.29 is 19.6 Å². The molecule has 5 N–H and O–H groups in total. The average molecular weight is 591 g/mol. The van der Waals surface area contributed by atoms with Crippen molar-refractivity contribution >= 4 is 56.4 Å². The highest BCUT2D eigenvalue weighted by Crippen LogP contribution is 2.31. The summed E-state index contributed by atoms with van der Waals surface area (Å²) in [5.74, 6) is -0.954. The normalized spacial score (nSPS) is 14.6. The van der Waals surface area contributed by atoms with Gasteiger partial charge in [-0.15, -0.1) is 22.7 Å². The van der Waals surface area contributed by atoms with Gasteiger partial charge in [-0.2, -0.15) is 10.1 Å². The quantitative estimate of drug-likeness (QED) is 0.0953. The van der Waals surface area contributed by atoms with Gasteiger partial charge in [0.1, 0.15) is 0 Å². The highest BCUT2D eigenvalue weighted by Gasteiger charge is 2.39. The molecule has 41 heavy (non-hydrogen) atoms. The summed E-state index contributed by atoms with van der Waals surface area (Å²) >= 11 is 2.70. The zero-order valence-electron chi connectivity index (χ0n) is 21.6. The Balaban J connectivity index is 1.25. The van der Waals surface area contributed by atoms with Crippen LogP contribution in [0.1, 0.15) is 35.2 Å². The van der Waals surface area contributed by atoms with E-state index in [1.807, 2.05) is 41.1 Å². The molecule has 0 bridgehead atoms. The molecule has 1 aliphatic rings. The standard InChI is InChI=1S/C27H26N8O4S2/c36-21(34-39)8-4-5-13-28-24(37)19-11-9-17(10-12-19)20-16-41-27(30-20)35-25(38)23(31-32-26-29-14-15-40-26)22(33-35)18-6-2-1-3-7-18/h1-3,6-7,9-12,14-16,23,31,39H,4-5,8,13H2,(H,28,37)(H,29,32)(H,34,36). The average Bonchev–Trinajstić information content (AvgIpc) is 3.77. The van der Waals surface area contributed by atoms with Gasteiger partial charge in [-0.05, 0) is 25.0 Å². The molecule has 2 aromatic carbocycles. The van der Waals surface area contributed by atoms with Crippen molar-refractivity contribution in [2.24, 2.45) is 5.10 Å². The SMILES string of the molecule is O=C(CCCCNC(=O)c1ccc(-c2csc(N3N=C(c4ccccc4)C(NNc4nccs4)C3=O)n2)cc1)NO. The van der Waals surface area contributed by atoms with E-state index in [2.05, 4.69) is 31.2 Å². The Hall–Kier alpha value is -4.50. The number of hydrazine groups is 1. The van der Waals surface area contributed by atoms with Gasteiger partial charge in [0.2, 0.25) is 11.0 Å². The first-order valence-electron chi connectivity index (χ1n) is 12.7. The number of benzene rings is 2. The number of amides is 3. The molecule has 0 radical (unpaired) electrons. The Bertz CT molecular complexity index is 1520. The fourth-order valence-corrected chi connectivity index (χ4v) is 5.31. The number of aromatic nitrogens is 2. The number of nitrogens with zero attached hydrogens (tertiary/aromatic N) is 4. The van der Waals surface area contributed by atoms with Crippen LogP contribution in [0.5, 0.6) is 0 Å². The minimum absolute atomic E-state index is 0.194. The largest absolute Gasteiger partial charge is 0.352 e. The van der Waals surface area contributed by atoms with Gasteiger partial charge < -0.3 is 5.32 Å². The number of carbonyl (C=O) groups excluding carboxylic acids is 3. The molecule has 0 spiro atoms. The number of nitrogens with one attached hydrogen (secondary N) is 4. The van der Waals surface area contributed by atoms with E-state index in [1.165, 1.54) is 27.7 Å². The molecule has 1 atom stereocenters. The van der Waals surface area contributed by atoms with Crippen LogP contribution in [0.2, 0.25) is 0 Å². The summed E-state index contributed by atoms with van der Waals surface area (Å²) < 4.78 is 0. The van der Waals surface area contributed by atoms with Gasteiger partial charge in [-0.3, -0.25) is 25.0 Å². The van der Waals surface area contributed by atoms with Crippen LogP contribution in [-0.4, -0.2) is 51.2 Å². The van der Waals surface area contributed by atoms with Crippen LogP contribution in [0.15, 0.2) is 76.7 Å². The second-order valence-electron chi connectivity index (χ2n) is 8.88. The number of hydrogen-bond donors (Lipinski definition) is 5. The third-order valence-electron chi connectivity index (χ3n) is 6.12. The third-order valence-corrected chi connectivity index (χ3v) is 7.62. The van der Waals surface area contributed by atoms with Crippen LogP contribution in [0, 0.1) is 0 Å². The highest BCUT2D eigenvalue weighted by atomic mass is 32.1. The van der Waals surface area contributed by atoms with Gasteiger partial charge in [-0.1, -0.05) is 42.5 Å². The molecule has 0 aliphatic carbocycles. The van der Waals surface area contributed by atoms with E-state index in [0.29, 0.717) is 46.6 Å². The predicted octanol–water partition coefficient (Wildman–Crippen LogP) is 3.41. The van der Waals surface area contributed by atoms with Gasteiger partial charge in [0, 0.05) is 46.6 Å². The summed E-state index contributed by atoms with van der Waals surface area (Å²) in [5, 5.41) is 22.0. The number of hydrogen-bond acceptors (Lipinski definition) is 11. The molecule has 0 saturated carbocycles. The van der Waals surface area contributed by atoms with E-state index in [-0.39, 0.29) is 18.2 Å². The van der Waals surface area contributed by atoms with E-state index in [9.17, 15) is 14.4 Å². The lowest BCUT2D eigenvalue weighted by Crippen LogP contribution is -2.46. The Morgan fingerprint density at radius 3 is 2.54 bits per heavy atom. The highest BCUT2D eigenvalue weighted by molar-refractivity contribution is 7.14. The molecule has 14 heteroatoms. The molecular formula is C27H26N8O4S2. The zero-order chi connectivity index (χ0) is 28.6. The minimum atomic E-state index is -0.752. The van der Waals surface area contributed by atoms with Crippen LogP contribution in [0.4, 0.5) is 10.3 Å². The number of hydrazone groups is 1. The van der Waals surface area contributed by atoms with Crippen molar-refractivity contribution in [3.8, 4) is 11.3 Å². The first kappa shape index (κ1) is 28.0. The summed E-state index contributed by atoms with van der Waals surface area (Å²) in [6.45, 7) is 0.416. The fourth-order valence-electron chi connectivity index (χ4n) is 4.03. The van der Waals surface area contributed by atoms with Crippen molar-refractivity contribution in [3.63, 3.8) is 0 Å². The first-order chi connectivity index (χ1) is 20.0. The van der Waals surface area contributed by atoms with Crippen LogP contribution in [-0.2, 0) is 9.59 Å². The van der Waals surface area contributed by atoms with Gasteiger partial charge in [0.15, 0.2) is 11.2 Å². The Labute approximate surface area is 243 Å². The summed E-state index contributed by atoms with van der Waals surface area (Å²) in [7, 11) is 0. The zero-order valence-corrected chi connectivity index (χ0v) is 23.2. The minimum Gasteiger partial charge on any atom is -0.352 e.